The highest BCUT2D eigenvalue weighted by Crippen LogP contribution is 2.46. The monoisotopic (exact) mass is 805 g/mol. The van der Waals surface area contributed by atoms with Crippen molar-refractivity contribution in [3.05, 3.63) is 65.9 Å². The number of benzene rings is 4. The molecule has 0 amide bonds. The molecule has 0 radical (unpaired) electrons. The van der Waals surface area contributed by atoms with Crippen LogP contribution < -0.4 is 21.5 Å². The minimum absolute atomic E-state index is 0.0175. The molecule has 26 heteroatoms. The first kappa shape index (κ1) is 37.8. The van der Waals surface area contributed by atoms with Crippen LogP contribution in [-0.2, 0) is 39.0 Å². The van der Waals surface area contributed by atoms with E-state index in [2.05, 4.69) is 55.2 Å². The molecular weight excluding hydrogens is 786 g/mol. The zero-order valence-electron chi connectivity index (χ0n) is 24.6. The lowest BCUT2D eigenvalue weighted by Gasteiger charge is -2.19. The number of hydrazine groups is 1. The fourth-order valence-corrected chi connectivity index (χ4v) is 6.32. The van der Waals surface area contributed by atoms with E-state index in [4.69, 9.17) is 22.1 Å². The molecule has 0 saturated carbocycles. The average molecular weight is 806 g/mol. The van der Waals surface area contributed by atoms with E-state index in [-0.39, 0.29) is 66.2 Å². The van der Waals surface area contributed by atoms with E-state index in [1.807, 2.05) is 0 Å². The number of aromatic hydroxyl groups is 2. The van der Waals surface area contributed by atoms with Gasteiger partial charge in [0.05, 0.1) is 50.1 Å². The first-order chi connectivity index (χ1) is 24.2. The molecule has 0 bridgehead atoms. The van der Waals surface area contributed by atoms with Crippen LogP contribution in [0.3, 0.4) is 0 Å². The molecule has 0 aliphatic rings. The Bertz CT molecular complexity index is 2310. The predicted molar refractivity (Wildman–Crippen MR) is 180 cm³/mol. The number of hydrogen-bond donors (Lipinski definition) is 10. The molecule has 5 aromatic rings. The zero-order chi connectivity index (χ0) is 36.9. The van der Waals surface area contributed by atoms with Crippen molar-refractivity contribution in [3.63, 3.8) is 0 Å². The summed E-state index contributed by atoms with van der Waals surface area (Å²) in [6.07, 6.45) is 0. The minimum Gasteiger partial charge on any atom is -0.506 e. The summed E-state index contributed by atoms with van der Waals surface area (Å²) in [5.41, 5.74) is 5.21. The van der Waals surface area contributed by atoms with Gasteiger partial charge >= 0.3 is 0 Å². The van der Waals surface area contributed by atoms with Crippen LogP contribution in [-0.4, -0.2) is 61.6 Å². The van der Waals surface area contributed by atoms with Gasteiger partial charge in [0.25, 0.3) is 20.2 Å². The number of anilines is 6. The van der Waals surface area contributed by atoms with E-state index in [0.29, 0.717) is 29.0 Å². The smallest absolute Gasteiger partial charge is 0.294 e. The highest BCUT2D eigenvalue weighted by atomic mass is 35.5. The van der Waals surface area contributed by atoms with Crippen LogP contribution in [0, 0.1) is 0 Å². The van der Waals surface area contributed by atoms with E-state index < -0.39 is 30.9 Å². The molecular formula is C25H20ClN7O14S4. The summed E-state index contributed by atoms with van der Waals surface area (Å²) in [6, 6.07) is 12.1. The number of phenols is 2. The summed E-state index contributed by atoms with van der Waals surface area (Å²) in [6.45, 7) is 0. The largest absolute Gasteiger partial charge is 0.506 e. The number of hydrogen-bond acceptors (Lipinski definition) is 21. The van der Waals surface area contributed by atoms with Crippen molar-refractivity contribution in [2.24, 2.45) is 0 Å². The SMILES string of the molecule is O=S(=O)(O)c1ccc(Nc2nc(Cl)nc(Nc3cc(S(=O)(=O)O)cc4cc(SOOO)c(NNc5cc(SOOO)ccc5O)c(O)c34)n2)cc1. The van der Waals surface area contributed by atoms with Crippen molar-refractivity contribution >= 4 is 101 Å². The molecule has 270 valence electrons. The first-order valence-electron chi connectivity index (χ1n) is 13.1. The van der Waals surface area contributed by atoms with E-state index in [0.717, 1.165) is 24.3 Å². The Kier molecular flexibility index (Phi) is 11.7. The van der Waals surface area contributed by atoms with Gasteiger partial charge in [-0.1, -0.05) is 10.1 Å². The summed E-state index contributed by atoms with van der Waals surface area (Å²) < 4.78 is 75.3. The Balaban J connectivity index is 1.57. The van der Waals surface area contributed by atoms with Crippen LogP contribution in [0.15, 0.2) is 80.2 Å². The summed E-state index contributed by atoms with van der Waals surface area (Å²) >= 11 is 7.05. The van der Waals surface area contributed by atoms with Gasteiger partial charge in [-0.25, -0.2) is 10.5 Å². The highest BCUT2D eigenvalue weighted by molar-refractivity contribution is 7.95. The second kappa shape index (κ2) is 15.8. The van der Waals surface area contributed by atoms with Gasteiger partial charge in [0.2, 0.25) is 17.2 Å². The van der Waals surface area contributed by atoms with Crippen LogP contribution in [0.5, 0.6) is 11.5 Å². The Labute approximate surface area is 299 Å². The van der Waals surface area contributed by atoms with Gasteiger partial charge in [-0.3, -0.25) is 20.0 Å². The third-order valence-corrected chi connectivity index (χ3v) is 9.39. The predicted octanol–water partition coefficient (Wildman–Crippen LogP) is 5.37. The quantitative estimate of drug-likeness (QED) is 0.0209. The van der Waals surface area contributed by atoms with E-state index in [9.17, 15) is 36.2 Å². The van der Waals surface area contributed by atoms with Gasteiger partial charge in [0.1, 0.15) is 11.4 Å². The molecule has 0 aliphatic carbocycles. The Hall–Kier alpha value is -4.48. The second-order valence-corrected chi connectivity index (χ2v) is 14.2. The zero-order valence-corrected chi connectivity index (χ0v) is 28.6. The van der Waals surface area contributed by atoms with Crippen LogP contribution in [0.1, 0.15) is 0 Å². The molecule has 0 saturated heterocycles. The van der Waals surface area contributed by atoms with Gasteiger partial charge in [-0.15, -0.1) is 8.67 Å². The summed E-state index contributed by atoms with van der Waals surface area (Å²) in [5, 5.41) is 51.3. The summed E-state index contributed by atoms with van der Waals surface area (Å²) in [7, 11) is -9.32. The number of halogens is 1. The molecule has 5 rings (SSSR count). The first-order valence-corrected chi connectivity index (χ1v) is 17.9. The highest BCUT2D eigenvalue weighted by Gasteiger charge is 2.23. The van der Waals surface area contributed by atoms with E-state index in [1.165, 1.54) is 36.4 Å². The van der Waals surface area contributed by atoms with Crippen LogP contribution in [0.25, 0.3) is 10.8 Å². The molecule has 4 aromatic carbocycles. The lowest BCUT2D eigenvalue weighted by molar-refractivity contribution is -0.432. The van der Waals surface area contributed by atoms with Crippen LogP contribution >= 0.6 is 35.7 Å². The third-order valence-electron chi connectivity index (χ3n) is 6.31. The fourth-order valence-electron chi connectivity index (χ4n) is 4.23. The molecule has 1 aromatic heterocycles. The van der Waals surface area contributed by atoms with Gasteiger partial charge in [0.15, 0.2) is 5.75 Å². The second-order valence-electron chi connectivity index (χ2n) is 9.52. The molecule has 51 heavy (non-hydrogen) atoms. The number of phenolic OH excluding ortho intramolecular Hbond substituents is 2. The number of rotatable bonds is 15. The van der Waals surface area contributed by atoms with Gasteiger partial charge in [-0.2, -0.15) is 31.8 Å². The van der Waals surface area contributed by atoms with Gasteiger partial charge < -0.3 is 20.8 Å². The maximum absolute atomic E-state index is 12.3. The van der Waals surface area contributed by atoms with Gasteiger partial charge in [-0.05, 0) is 77.7 Å². The van der Waals surface area contributed by atoms with E-state index >= 15 is 0 Å². The van der Waals surface area contributed by atoms with Crippen molar-refractivity contribution in [1.82, 2.24) is 15.0 Å². The fraction of sp³-hybridized carbons (Fsp3) is 0. The number of fused-ring (bicyclic) bond motifs is 1. The normalized spacial score (nSPS) is 11.8. The molecule has 0 atom stereocenters. The molecule has 0 aliphatic heterocycles. The number of aromatic nitrogens is 3. The van der Waals surface area contributed by atoms with Crippen molar-refractivity contribution < 1.29 is 65.4 Å². The maximum atomic E-state index is 12.3. The standard InChI is InChI=1S/C25H20ClN7O14S4/c26-23-29-24(27-12-1-4-14(5-2-12)50(38,39)40)31-25(30-23)28-17-10-15(51(41,42)43)7-11-8-19(49-47-45-37)21(22(35)20(11)17)33-32-16-9-13(48-46-44-36)3-6-18(16)34/h1-10,32-37H,(H,38,39,40)(H,41,42,43)(H2,27,28,29,30,31). The molecule has 0 spiro atoms. The van der Waals surface area contributed by atoms with Gasteiger partial charge in [0, 0.05) is 16.0 Å². The lowest BCUT2D eigenvalue weighted by Crippen LogP contribution is -2.11. The van der Waals surface area contributed by atoms with Crippen molar-refractivity contribution in [3.8, 4) is 11.5 Å². The number of nitrogens with one attached hydrogen (secondary N) is 4. The maximum Gasteiger partial charge on any atom is 0.294 e. The Morgan fingerprint density at radius 2 is 1.35 bits per heavy atom. The van der Waals surface area contributed by atoms with Crippen LogP contribution in [0.2, 0.25) is 5.28 Å². The Morgan fingerprint density at radius 1 is 0.706 bits per heavy atom. The molecule has 10 N–H and O–H groups in total. The van der Waals surface area contributed by atoms with E-state index in [1.54, 1.807) is 0 Å². The molecule has 0 fully saturated rings. The average Bonchev–Trinajstić information content (AvgIpc) is 3.06. The van der Waals surface area contributed by atoms with Crippen molar-refractivity contribution in [1.29, 1.82) is 0 Å². The number of nitrogens with zero attached hydrogens (tertiary/aromatic N) is 3. The van der Waals surface area contributed by atoms with Crippen LogP contribution in [0.4, 0.5) is 34.6 Å². The summed E-state index contributed by atoms with van der Waals surface area (Å²) in [5.74, 6) is -1.38. The van der Waals surface area contributed by atoms with Crippen molar-refractivity contribution in [2.45, 2.75) is 19.6 Å². The molecule has 1 heterocycles. The molecule has 0 unspecified atom stereocenters. The Morgan fingerprint density at radius 3 is 2.00 bits per heavy atom. The molecule has 21 nitrogen and oxygen atoms in total. The summed E-state index contributed by atoms with van der Waals surface area (Å²) in [4.78, 5) is 11.4. The van der Waals surface area contributed by atoms with Crippen molar-refractivity contribution in [2.75, 3.05) is 21.5 Å². The minimum atomic E-state index is -4.86. The topological polar surface area (TPSA) is 313 Å². The third kappa shape index (κ3) is 9.45. The lowest BCUT2D eigenvalue weighted by atomic mass is 10.1.